The SMILES string of the molecule is O=C(CCc1ccc(Cl)cc1)NCCc1c[nH]c2cc(OCc3ccccc3)ccc12. The van der Waals surface area contributed by atoms with Crippen LogP contribution >= 0.6 is 11.6 Å². The van der Waals surface area contributed by atoms with Gasteiger partial charge in [0.1, 0.15) is 12.4 Å². The van der Waals surface area contributed by atoms with Crippen LogP contribution in [-0.2, 0) is 24.2 Å². The van der Waals surface area contributed by atoms with Crippen molar-refractivity contribution in [1.29, 1.82) is 0 Å². The summed E-state index contributed by atoms with van der Waals surface area (Å²) in [5.74, 6) is 0.895. The van der Waals surface area contributed by atoms with Crippen LogP contribution in [0.25, 0.3) is 10.9 Å². The number of rotatable bonds is 9. The Labute approximate surface area is 187 Å². The number of H-pyrrole nitrogens is 1. The fourth-order valence-corrected chi connectivity index (χ4v) is 3.66. The molecule has 4 nitrogen and oxygen atoms in total. The second-order valence-electron chi connectivity index (χ2n) is 7.52. The highest BCUT2D eigenvalue weighted by atomic mass is 35.5. The summed E-state index contributed by atoms with van der Waals surface area (Å²) in [5, 5.41) is 4.88. The first kappa shape index (κ1) is 21.0. The summed E-state index contributed by atoms with van der Waals surface area (Å²) >= 11 is 5.89. The highest BCUT2D eigenvalue weighted by Gasteiger charge is 2.07. The van der Waals surface area contributed by atoms with E-state index >= 15 is 0 Å². The van der Waals surface area contributed by atoms with Crippen LogP contribution in [0.2, 0.25) is 5.02 Å². The molecule has 158 valence electrons. The van der Waals surface area contributed by atoms with Crippen molar-refractivity contribution in [2.45, 2.75) is 25.9 Å². The number of fused-ring (bicyclic) bond motifs is 1. The molecule has 0 unspecified atom stereocenters. The van der Waals surface area contributed by atoms with E-state index in [4.69, 9.17) is 16.3 Å². The molecule has 0 bridgehead atoms. The first-order chi connectivity index (χ1) is 15.2. The summed E-state index contributed by atoms with van der Waals surface area (Å²) in [4.78, 5) is 15.5. The maximum Gasteiger partial charge on any atom is 0.220 e. The van der Waals surface area contributed by atoms with E-state index in [0.29, 0.717) is 31.0 Å². The van der Waals surface area contributed by atoms with Gasteiger partial charge in [-0.15, -0.1) is 0 Å². The average Bonchev–Trinajstić information content (AvgIpc) is 3.20. The van der Waals surface area contributed by atoms with Crippen molar-refractivity contribution in [3.63, 3.8) is 0 Å². The van der Waals surface area contributed by atoms with Gasteiger partial charge in [0.15, 0.2) is 0 Å². The van der Waals surface area contributed by atoms with Gasteiger partial charge in [-0.25, -0.2) is 0 Å². The number of hydrogen-bond donors (Lipinski definition) is 2. The lowest BCUT2D eigenvalue weighted by atomic mass is 10.1. The minimum atomic E-state index is 0.0615. The van der Waals surface area contributed by atoms with Crippen molar-refractivity contribution in [3.05, 3.63) is 101 Å². The molecule has 4 aromatic rings. The fraction of sp³-hybridized carbons (Fsp3) is 0.192. The van der Waals surface area contributed by atoms with Crippen molar-refractivity contribution in [2.24, 2.45) is 0 Å². The van der Waals surface area contributed by atoms with Crippen LogP contribution in [0.15, 0.2) is 79.0 Å². The van der Waals surface area contributed by atoms with E-state index in [-0.39, 0.29) is 5.91 Å². The van der Waals surface area contributed by atoms with E-state index in [1.165, 1.54) is 5.56 Å². The summed E-state index contributed by atoms with van der Waals surface area (Å²) in [6.07, 6.45) is 3.96. The van der Waals surface area contributed by atoms with Gasteiger partial charge in [-0.3, -0.25) is 4.79 Å². The van der Waals surface area contributed by atoms with Crippen LogP contribution in [0.1, 0.15) is 23.1 Å². The quantitative estimate of drug-likeness (QED) is 0.357. The third kappa shape index (κ3) is 5.89. The molecule has 0 radical (unpaired) electrons. The number of halogens is 1. The zero-order valence-electron chi connectivity index (χ0n) is 17.2. The predicted molar refractivity (Wildman–Crippen MR) is 126 cm³/mol. The average molecular weight is 433 g/mol. The molecule has 5 heteroatoms. The molecular formula is C26H25ClN2O2. The van der Waals surface area contributed by atoms with Crippen LogP contribution in [0.4, 0.5) is 0 Å². The number of carbonyl (C=O) groups excluding carboxylic acids is 1. The Morgan fingerprint density at radius 1 is 0.935 bits per heavy atom. The van der Waals surface area contributed by atoms with E-state index in [1.54, 1.807) is 0 Å². The molecule has 1 heterocycles. The number of benzene rings is 3. The number of amides is 1. The Morgan fingerprint density at radius 3 is 2.55 bits per heavy atom. The summed E-state index contributed by atoms with van der Waals surface area (Å²) in [7, 11) is 0. The van der Waals surface area contributed by atoms with Gasteiger partial charge in [0, 0.05) is 41.2 Å². The zero-order chi connectivity index (χ0) is 21.5. The minimum absolute atomic E-state index is 0.0615. The number of hydrogen-bond acceptors (Lipinski definition) is 2. The largest absolute Gasteiger partial charge is 0.489 e. The highest BCUT2D eigenvalue weighted by molar-refractivity contribution is 6.30. The lowest BCUT2D eigenvalue weighted by molar-refractivity contribution is -0.121. The lowest BCUT2D eigenvalue weighted by Gasteiger charge is -2.07. The van der Waals surface area contributed by atoms with Crippen molar-refractivity contribution in [2.75, 3.05) is 6.54 Å². The van der Waals surface area contributed by atoms with Gasteiger partial charge in [0.25, 0.3) is 0 Å². The molecule has 1 amide bonds. The minimum Gasteiger partial charge on any atom is -0.489 e. The zero-order valence-corrected chi connectivity index (χ0v) is 18.0. The molecule has 0 saturated heterocycles. The normalized spacial score (nSPS) is 10.9. The molecule has 1 aromatic heterocycles. The van der Waals surface area contributed by atoms with E-state index < -0.39 is 0 Å². The Bertz CT molecular complexity index is 1140. The Hall–Kier alpha value is -3.24. The van der Waals surface area contributed by atoms with Crippen LogP contribution in [0, 0.1) is 0 Å². The van der Waals surface area contributed by atoms with Crippen molar-refractivity contribution in [3.8, 4) is 5.75 Å². The molecule has 0 fully saturated rings. The fourth-order valence-electron chi connectivity index (χ4n) is 3.54. The molecule has 0 aliphatic rings. The number of ether oxygens (including phenoxy) is 1. The second-order valence-corrected chi connectivity index (χ2v) is 7.96. The molecular weight excluding hydrogens is 408 g/mol. The molecule has 0 aliphatic carbocycles. The summed E-state index contributed by atoms with van der Waals surface area (Å²) in [5.41, 5.74) is 4.47. The van der Waals surface area contributed by atoms with Gasteiger partial charge in [0.05, 0.1) is 0 Å². The van der Waals surface area contributed by atoms with Gasteiger partial charge in [0.2, 0.25) is 5.91 Å². The summed E-state index contributed by atoms with van der Waals surface area (Å²) in [6.45, 7) is 1.15. The predicted octanol–water partition coefficient (Wildman–Crippen LogP) is 5.69. The van der Waals surface area contributed by atoms with Gasteiger partial charge >= 0.3 is 0 Å². The first-order valence-electron chi connectivity index (χ1n) is 10.5. The van der Waals surface area contributed by atoms with Crippen LogP contribution in [0.3, 0.4) is 0 Å². The Morgan fingerprint density at radius 2 is 1.74 bits per heavy atom. The molecule has 0 aliphatic heterocycles. The second kappa shape index (κ2) is 10.2. The maximum atomic E-state index is 12.1. The molecule has 0 atom stereocenters. The van der Waals surface area contributed by atoms with Gasteiger partial charge < -0.3 is 15.0 Å². The standard InChI is InChI=1S/C26H25ClN2O2/c27-22-9-6-19(7-10-22)8-13-26(30)28-15-14-21-17-29-25-16-23(11-12-24(21)25)31-18-20-4-2-1-3-5-20/h1-7,9-12,16-17,29H,8,13-15,18H2,(H,28,30). The van der Waals surface area contributed by atoms with Crippen molar-refractivity contribution < 1.29 is 9.53 Å². The van der Waals surface area contributed by atoms with Crippen LogP contribution in [0.5, 0.6) is 5.75 Å². The molecule has 0 saturated carbocycles. The van der Waals surface area contributed by atoms with Gasteiger partial charge in [-0.1, -0.05) is 54.1 Å². The summed E-state index contributed by atoms with van der Waals surface area (Å²) in [6, 6.07) is 23.8. The smallest absolute Gasteiger partial charge is 0.220 e. The number of carbonyl (C=O) groups is 1. The number of aromatic amines is 1. The van der Waals surface area contributed by atoms with Crippen LogP contribution in [-0.4, -0.2) is 17.4 Å². The van der Waals surface area contributed by atoms with E-state index in [0.717, 1.165) is 34.2 Å². The van der Waals surface area contributed by atoms with Gasteiger partial charge in [-0.05, 0) is 53.8 Å². The number of aromatic nitrogens is 1. The Kier molecular flexibility index (Phi) is 6.90. The third-order valence-corrected chi connectivity index (χ3v) is 5.51. The van der Waals surface area contributed by atoms with E-state index in [9.17, 15) is 4.79 Å². The molecule has 0 spiro atoms. The van der Waals surface area contributed by atoms with E-state index in [2.05, 4.69) is 28.5 Å². The monoisotopic (exact) mass is 432 g/mol. The lowest BCUT2D eigenvalue weighted by Crippen LogP contribution is -2.25. The van der Waals surface area contributed by atoms with Crippen molar-refractivity contribution in [1.82, 2.24) is 10.3 Å². The number of aryl methyl sites for hydroxylation is 1. The first-order valence-corrected chi connectivity index (χ1v) is 10.8. The highest BCUT2D eigenvalue weighted by Crippen LogP contribution is 2.24. The molecule has 4 rings (SSSR count). The number of nitrogens with one attached hydrogen (secondary N) is 2. The third-order valence-electron chi connectivity index (χ3n) is 5.26. The Balaban J connectivity index is 1.25. The topological polar surface area (TPSA) is 54.1 Å². The van der Waals surface area contributed by atoms with Crippen LogP contribution < -0.4 is 10.1 Å². The maximum absolute atomic E-state index is 12.1. The molecule has 2 N–H and O–H groups in total. The van der Waals surface area contributed by atoms with Crippen molar-refractivity contribution >= 4 is 28.4 Å². The van der Waals surface area contributed by atoms with Gasteiger partial charge in [-0.2, -0.15) is 0 Å². The summed E-state index contributed by atoms with van der Waals surface area (Å²) < 4.78 is 5.91. The molecule has 3 aromatic carbocycles. The van der Waals surface area contributed by atoms with E-state index in [1.807, 2.05) is 60.8 Å². The molecule has 31 heavy (non-hydrogen) atoms.